The van der Waals surface area contributed by atoms with Crippen molar-refractivity contribution < 1.29 is 5.11 Å². The quantitative estimate of drug-likeness (QED) is 0.706. The molecular weight excluding hydrogens is 208 g/mol. The zero-order valence-corrected chi connectivity index (χ0v) is 12.5. The average molecular weight is 238 g/mol. The van der Waals surface area contributed by atoms with Crippen molar-refractivity contribution in [1.29, 1.82) is 0 Å². The van der Waals surface area contributed by atoms with Gasteiger partial charge in [0, 0.05) is 0 Å². The summed E-state index contributed by atoms with van der Waals surface area (Å²) in [6.07, 6.45) is 7.36. The summed E-state index contributed by atoms with van der Waals surface area (Å²) < 4.78 is 0. The Kier molecular flexibility index (Phi) is 4.46. The highest BCUT2D eigenvalue weighted by molar-refractivity contribution is 5.02. The van der Waals surface area contributed by atoms with E-state index in [2.05, 4.69) is 47.6 Å². The Balaban J connectivity index is 2.81. The van der Waals surface area contributed by atoms with E-state index in [1.165, 1.54) is 6.42 Å². The van der Waals surface area contributed by atoms with Crippen LogP contribution < -0.4 is 0 Å². The summed E-state index contributed by atoms with van der Waals surface area (Å²) in [5.41, 5.74) is 0.715. The van der Waals surface area contributed by atoms with Crippen LogP contribution in [0.3, 0.4) is 0 Å². The van der Waals surface area contributed by atoms with Gasteiger partial charge in [-0.05, 0) is 41.9 Å². The third-order valence-corrected chi connectivity index (χ3v) is 3.84. The summed E-state index contributed by atoms with van der Waals surface area (Å²) in [4.78, 5) is 0. The molecule has 0 aromatic rings. The van der Waals surface area contributed by atoms with E-state index in [-0.39, 0.29) is 6.10 Å². The summed E-state index contributed by atoms with van der Waals surface area (Å²) >= 11 is 0. The maximum absolute atomic E-state index is 9.56. The highest BCUT2D eigenvalue weighted by Gasteiger charge is 2.34. The van der Waals surface area contributed by atoms with Crippen LogP contribution in [0.25, 0.3) is 0 Å². The molecule has 1 N–H and O–H groups in total. The molecule has 0 aromatic heterocycles. The normalized spacial score (nSPS) is 28.2. The number of aliphatic hydroxyl groups is 1. The first kappa shape index (κ1) is 14.8. The molecule has 0 bridgehead atoms. The van der Waals surface area contributed by atoms with Crippen LogP contribution in [0.2, 0.25) is 0 Å². The van der Waals surface area contributed by atoms with Gasteiger partial charge in [-0.2, -0.15) is 0 Å². The van der Waals surface area contributed by atoms with Crippen molar-refractivity contribution in [3.8, 4) is 0 Å². The molecule has 17 heavy (non-hydrogen) atoms. The molecule has 3 unspecified atom stereocenters. The van der Waals surface area contributed by atoms with E-state index in [1.807, 2.05) is 6.08 Å². The van der Waals surface area contributed by atoms with E-state index in [1.54, 1.807) is 0 Å². The number of hydrogen-bond donors (Lipinski definition) is 1. The average Bonchev–Trinajstić information content (AvgIpc) is 2.13. The van der Waals surface area contributed by atoms with E-state index >= 15 is 0 Å². The highest BCUT2D eigenvalue weighted by atomic mass is 16.3. The van der Waals surface area contributed by atoms with Crippen LogP contribution in [0.5, 0.6) is 0 Å². The number of hydrogen-bond acceptors (Lipinski definition) is 1. The molecule has 0 fully saturated rings. The van der Waals surface area contributed by atoms with Gasteiger partial charge in [0.25, 0.3) is 0 Å². The Hall–Kier alpha value is -0.300. The van der Waals surface area contributed by atoms with Crippen LogP contribution in [-0.4, -0.2) is 11.2 Å². The first-order chi connectivity index (χ1) is 7.59. The number of rotatable bonds is 2. The monoisotopic (exact) mass is 238 g/mol. The molecule has 0 aliphatic heterocycles. The molecular formula is C16H30O. The first-order valence-corrected chi connectivity index (χ1v) is 6.96. The second kappa shape index (κ2) is 5.14. The number of allylic oxidation sites excluding steroid dienone is 1. The van der Waals surface area contributed by atoms with Gasteiger partial charge in [0.2, 0.25) is 0 Å². The maximum atomic E-state index is 9.56. The lowest BCUT2D eigenvalue weighted by Crippen LogP contribution is -2.33. The number of aliphatic hydroxyl groups excluding tert-OH is 1. The molecule has 0 heterocycles. The van der Waals surface area contributed by atoms with Crippen molar-refractivity contribution in [2.75, 3.05) is 0 Å². The lowest BCUT2D eigenvalue weighted by atomic mass is 9.64. The van der Waals surface area contributed by atoms with Crippen molar-refractivity contribution in [2.24, 2.45) is 22.7 Å². The predicted octanol–water partition coefficient (Wildman–Crippen LogP) is 4.41. The summed E-state index contributed by atoms with van der Waals surface area (Å²) in [6.45, 7) is 14.0. The van der Waals surface area contributed by atoms with E-state index in [0.717, 1.165) is 12.8 Å². The minimum atomic E-state index is -0.207. The maximum Gasteiger partial charge on any atom is 0.0721 e. The minimum absolute atomic E-state index is 0.207. The molecule has 1 aliphatic rings. The fourth-order valence-electron chi connectivity index (χ4n) is 2.92. The summed E-state index contributed by atoms with van der Waals surface area (Å²) in [5, 5.41) is 9.56. The molecule has 1 heteroatoms. The third kappa shape index (κ3) is 4.83. The Morgan fingerprint density at radius 1 is 1.06 bits per heavy atom. The van der Waals surface area contributed by atoms with Crippen LogP contribution in [0.15, 0.2) is 12.2 Å². The Labute approximate surface area is 107 Å². The molecule has 0 radical (unpaired) electrons. The van der Waals surface area contributed by atoms with Crippen molar-refractivity contribution in [2.45, 2.75) is 66.9 Å². The molecule has 1 nitrogen and oxygen atoms in total. The standard InChI is InChI=1S/C16H30O/c1-15(2,3)11-14(16(4,5)6)12-7-9-13(17)10-8-12/h7,9,12-14,17H,8,10-11H2,1-6H3. The second-order valence-corrected chi connectivity index (χ2v) is 7.93. The van der Waals surface area contributed by atoms with Gasteiger partial charge in [-0.25, -0.2) is 0 Å². The lowest BCUT2D eigenvalue weighted by molar-refractivity contribution is 0.101. The zero-order chi connectivity index (χ0) is 13.3. The molecule has 100 valence electrons. The van der Waals surface area contributed by atoms with Crippen LogP contribution in [0.1, 0.15) is 60.8 Å². The molecule has 0 amide bonds. The van der Waals surface area contributed by atoms with Gasteiger partial charge in [-0.1, -0.05) is 53.7 Å². The SMILES string of the molecule is CC(C)(C)CC(C1C=CC(O)CC1)C(C)(C)C. The van der Waals surface area contributed by atoms with Crippen molar-refractivity contribution in [1.82, 2.24) is 0 Å². The topological polar surface area (TPSA) is 20.2 Å². The smallest absolute Gasteiger partial charge is 0.0721 e. The van der Waals surface area contributed by atoms with E-state index in [4.69, 9.17) is 0 Å². The third-order valence-electron chi connectivity index (χ3n) is 3.84. The molecule has 3 atom stereocenters. The predicted molar refractivity (Wildman–Crippen MR) is 74.9 cm³/mol. The molecule has 0 aromatic carbocycles. The van der Waals surface area contributed by atoms with Gasteiger partial charge in [-0.3, -0.25) is 0 Å². The lowest BCUT2D eigenvalue weighted by Gasteiger charge is -2.41. The summed E-state index contributed by atoms with van der Waals surface area (Å²) in [6, 6.07) is 0. The van der Waals surface area contributed by atoms with Crippen molar-refractivity contribution in [3.05, 3.63) is 12.2 Å². The fraction of sp³-hybridized carbons (Fsp3) is 0.875. The molecule has 1 aliphatic carbocycles. The second-order valence-electron chi connectivity index (χ2n) is 7.93. The molecule has 0 saturated heterocycles. The molecule has 0 saturated carbocycles. The Morgan fingerprint density at radius 2 is 1.65 bits per heavy atom. The van der Waals surface area contributed by atoms with Gasteiger partial charge in [0.15, 0.2) is 0 Å². The van der Waals surface area contributed by atoms with Crippen LogP contribution in [-0.2, 0) is 0 Å². The van der Waals surface area contributed by atoms with Crippen molar-refractivity contribution in [3.63, 3.8) is 0 Å². The van der Waals surface area contributed by atoms with Gasteiger partial charge in [0.05, 0.1) is 6.10 Å². The Bertz CT molecular complexity index is 264. The molecule has 1 rings (SSSR count). The summed E-state index contributed by atoms with van der Waals surface area (Å²) in [7, 11) is 0. The fourth-order valence-corrected chi connectivity index (χ4v) is 2.92. The molecule has 0 spiro atoms. The van der Waals surface area contributed by atoms with Crippen LogP contribution in [0, 0.1) is 22.7 Å². The van der Waals surface area contributed by atoms with E-state index in [0.29, 0.717) is 22.7 Å². The zero-order valence-electron chi connectivity index (χ0n) is 12.5. The van der Waals surface area contributed by atoms with Gasteiger partial charge in [-0.15, -0.1) is 0 Å². The van der Waals surface area contributed by atoms with Crippen LogP contribution >= 0.6 is 0 Å². The Morgan fingerprint density at radius 3 is 2.00 bits per heavy atom. The van der Waals surface area contributed by atoms with Gasteiger partial charge >= 0.3 is 0 Å². The van der Waals surface area contributed by atoms with E-state index < -0.39 is 0 Å². The van der Waals surface area contributed by atoms with Gasteiger partial charge in [0.1, 0.15) is 0 Å². The first-order valence-electron chi connectivity index (χ1n) is 6.96. The van der Waals surface area contributed by atoms with Gasteiger partial charge < -0.3 is 5.11 Å². The van der Waals surface area contributed by atoms with E-state index in [9.17, 15) is 5.11 Å². The highest BCUT2D eigenvalue weighted by Crippen LogP contribution is 2.43. The summed E-state index contributed by atoms with van der Waals surface area (Å²) in [5.74, 6) is 1.34. The van der Waals surface area contributed by atoms with Crippen molar-refractivity contribution >= 4 is 0 Å². The largest absolute Gasteiger partial charge is 0.389 e. The van der Waals surface area contributed by atoms with Crippen LogP contribution in [0.4, 0.5) is 0 Å². The minimum Gasteiger partial charge on any atom is -0.389 e.